The second-order valence-corrected chi connectivity index (χ2v) is 5.65. The summed E-state index contributed by atoms with van der Waals surface area (Å²) in [6.45, 7) is 7.70. The van der Waals surface area contributed by atoms with Gasteiger partial charge < -0.3 is 10.2 Å². The van der Waals surface area contributed by atoms with Crippen LogP contribution in [-0.2, 0) is 6.54 Å². The van der Waals surface area contributed by atoms with Crippen LogP contribution in [-0.4, -0.2) is 25.1 Å². The summed E-state index contributed by atoms with van der Waals surface area (Å²) in [6, 6.07) is 0.565. The molecule has 0 bridgehead atoms. The fraction of sp³-hybridized carbons (Fsp3) is 0.750. The molecular weight excluding hydrogens is 218 g/mol. The Bertz CT molecular complexity index is 309. The summed E-state index contributed by atoms with van der Waals surface area (Å²) < 4.78 is 0. The summed E-state index contributed by atoms with van der Waals surface area (Å²) in [5.41, 5.74) is 0. The Morgan fingerprint density at radius 3 is 2.62 bits per heavy atom. The number of aromatic nitrogens is 1. The molecule has 0 aliphatic heterocycles. The van der Waals surface area contributed by atoms with E-state index in [-0.39, 0.29) is 0 Å². The lowest BCUT2D eigenvalue weighted by atomic mass is 10.0. The minimum absolute atomic E-state index is 0.565. The van der Waals surface area contributed by atoms with E-state index >= 15 is 0 Å². The lowest BCUT2D eigenvalue weighted by molar-refractivity contribution is 0.390. The molecule has 92 valence electrons. The number of thiazole rings is 1. The van der Waals surface area contributed by atoms with Crippen molar-refractivity contribution in [2.75, 3.05) is 19.0 Å². The van der Waals surface area contributed by atoms with Crippen molar-refractivity contribution >= 4 is 16.5 Å². The zero-order chi connectivity index (χ0) is 12.1. The Labute approximate surface area is 103 Å². The van der Waals surface area contributed by atoms with Crippen LogP contribution in [0.2, 0.25) is 0 Å². The van der Waals surface area contributed by atoms with E-state index in [0.29, 0.717) is 6.04 Å². The van der Waals surface area contributed by atoms with Crippen molar-refractivity contribution in [3.8, 4) is 0 Å². The first kappa shape index (κ1) is 13.5. The van der Waals surface area contributed by atoms with E-state index in [0.717, 1.165) is 17.6 Å². The molecule has 0 aromatic carbocycles. The average molecular weight is 241 g/mol. The highest BCUT2D eigenvalue weighted by atomic mass is 32.1. The quantitative estimate of drug-likeness (QED) is 0.830. The van der Waals surface area contributed by atoms with E-state index in [2.05, 4.69) is 31.1 Å². The predicted octanol–water partition coefficient (Wildman–Crippen LogP) is 2.73. The molecule has 0 spiro atoms. The number of nitrogens with one attached hydrogen (secondary N) is 1. The molecule has 3 nitrogen and oxygen atoms in total. The molecule has 0 saturated carbocycles. The van der Waals surface area contributed by atoms with Crippen molar-refractivity contribution in [1.29, 1.82) is 0 Å². The highest BCUT2D eigenvalue weighted by Crippen LogP contribution is 2.20. The molecule has 0 fully saturated rings. The van der Waals surface area contributed by atoms with Crippen LogP contribution in [0.4, 0.5) is 5.13 Å². The van der Waals surface area contributed by atoms with Crippen LogP contribution in [0.1, 0.15) is 32.1 Å². The van der Waals surface area contributed by atoms with Crippen molar-refractivity contribution in [2.45, 2.75) is 39.8 Å². The average Bonchev–Trinajstić information content (AvgIpc) is 2.73. The summed E-state index contributed by atoms with van der Waals surface area (Å²) in [4.78, 5) is 7.72. The van der Waals surface area contributed by atoms with Crippen LogP contribution >= 0.6 is 11.3 Å². The van der Waals surface area contributed by atoms with Gasteiger partial charge >= 0.3 is 0 Å². The van der Waals surface area contributed by atoms with Crippen molar-refractivity contribution in [3.05, 3.63) is 11.1 Å². The smallest absolute Gasteiger partial charge is 0.185 e. The number of anilines is 1. The third-order valence-corrected chi connectivity index (χ3v) is 4.18. The second-order valence-electron chi connectivity index (χ2n) is 4.56. The highest BCUT2D eigenvalue weighted by Gasteiger charge is 2.10. The second kappa shape index (κ2) is 6.21. The van der Waals surface area contributed by atoms with Gasteiger partial charge in [0.2, 0.25) is 0 Å². The number of nitrogens with zero attached hydrogens (tertiary/aromatic N) is 2. The van der Waals surface area contributed by atoms with Gasteiger partial charge in [-0.15, -0.1) is 11.3 Å². The molecule has 0 amide bonds. The molecule has 0 saturated heterocycles. The Hall–Kier alpha value is -0.610. The van der Waals surface area contributed by atoms with Crippen LogP contribution in [0.25, 0.3) is 0 Å². The summed E-state index contributed by atoms with van der Waals surface area (Å²) in [5, 5.41) is 4.63. The predicted molar refractivity (Wildman–Crippen MR) is 72.2 cm³/mol. The van der Waals surface area contributed by atoms with Crippen molar-refractivity contribution in [1.82, 2.24) is 10.3 Å². The summed E-state index contributed by atoms with van der Waals surface area (Å²) in [6.07, 6.45) is 3.19. The SMILES string of the molecule is CCC(C)C(C)NCc1cnc(N(C)C)s1. The lowest BCUT2D eigenvalue weighted by Gasteiger charge is -2.19. The maximum Gasteiger partial charge on any atom is 0.185 e. The van der Waals surface area contributed by atoms with Gasteiger partial charge in [-0.2, -0.15) is 0 Å². The van der Waals surface area contributed by atoms with Gasteiger partial charge in [0.15, 0.2) is 5.13 Å². The Morgan fingerprint density at radius 2 is 2.12 bits per heavy atom. The molecular formula is C12H23N3S. The van der Waals surface area contributed by atoms with Crippen LogP contribution in [0.3, 0.4) is 0 Å². The summed E-state index contributed by atoms with van der Waals surface area (Å²) in [5.74, 6) is 0.723. The molecule has 1 aromatic rings. The molecule has 2 atom stereocenters. The van der Waals surface area contributed by atoms with E-state index in [1.807, 2.05) is 25.2 Å². The number of hydrogen-bond acceptors (Lipinski definition) is 4. The third-order valence-electron chi connectivity index (χ3n) is 3.02. The Morgan fingerprint density at radius 1 is 1.44 bits per heavy atom. The van der Waals surface area contributed by atoms with Crippen molar-refractivity contribution < 1.29 is 0 Å². The first-order chi connectivity index (χ1) is 7.54. The highest BCUT2D eigenvalue weighted by molar-refractivity contribution is 7.15. The maximum absolute atomic E-state index is 4.36. The van der Waals surface area contributed by atoms with Gasteiger partial charge in [0.1, 0.15) is 0 Å². The normalized spacial score (nSPS) is 14.8. The summed E-state index contributed by atoms with van der Waals surface area (Å²) >= 11 is 1.75. The van der Waals surface area contributed by atoms with Crippen LogP contribution in [0, 0.1) is 5.92 Å². The Balaban J connectivity index is 2.42. The van der Waals surface area contributed by atoms with E-state index < -0.39 is 0 Å². The van der Waals surface area contributed by atoms with Crippen molar-refractivity contribution in [2.24, 2.45) is 5.92 Å². The minimum Gasteiger partial charge on any atom is -0.354 e. The lowest BCUT2D eigenvalue weighted by Crippen LogP contribution is -2.31. The fourth-order valence-electron chi connectivity index (χ4n) is 1.40. The van der Waals surface area contributed by atoms with Crippen LogP contribution in [0.5, 0.6) is 0 Å². The topological polar surface area (TPSA) is 28.2 Å². The first-order valence-corrected chi connectivity index (χ1v) is 6.71. The van der Waals surface area contributed by atoms with Gasteiger partial charge in [-0.05, 0) is 12.8 Å². The van der Waals surface area contributed by atoms with Crippen LogP contribution in [0.15, 0.2) is 6.20 Å². The number of hydrogen-bond donors (Lipinski definition) is 1. The molecule has 1 heterocycles. The van der Waals surface area contributed by atoms with Gasteiger partial charge in [-0.25, -0.2) is 4.98 Å². The molecule has 2 unspecified atom stereocenters. The molecule has 1 rings (SSSR count). The standard InChI is InChI=1S/C12H23N3S/c1-6-9(2)10(3)13-7-11-8-14-12(16-11)15(4)5/h8-10,13H,6-7H2,1-5H3. The Kier molecular flexibility index (Phi) is 5.22. The molecule has 4 heteroatoms. The molecule has 1 aromatic heterocycles. The molecule has 0 aliphatic rings. The third kappa shape index (κ3) is 3.76. The molecule has 16 heavy (non-hydrogen) atoms. The largest absolute Gasteiger partial charge is 0.354 e. The van der Waals surface area contributed by atoms with Gasteiger partial charge in [-0.3, -0.25) is 0 Å². The fourth-order valence-corrected chi connectivity index (χ4v) is 2.19. The van der Waals surface area contributed by atoms with Crippen LogP contribution < -0.4 is 10.2 Å². The van der Waals surface area contributed by atoms with E-state index in [4.69, 9.17) is 0 Å². The van der Waals surface area contributed by atoms with Gasteiger partial charge in [-0.1, -0.05) is 20.3 Å². The van der Waals surface area contributed by atoms with E-state index in [1.165, 1.54) is 11.3 Å². The van der Waals surface area contributed by atoms with Gasteiger partial charge in [0.25, 0.3) is 0 Å². The summed E-state index contributed by atoms with van der Waals surface area (Å²) in [7, 11) is 4.05. The van der Waals surface area contributed by atoms with E-state index in [9.17, 15) is 0 Å². The van der Waals surface area contributed by atoms with Gasteiger partial charge in [0, 0.05) is 37.8 Å². The number of rotatable bonds is 6. The molecule has 0 radical (unpaired) electrons. The first-order valence-electron chi connectivity index (χ1n) is 5.90. The molecule has 0 aliphatic carbocycles. The van der Waals surface area contributed by atoms with Gasteiger partial charge in [0.05, 0.1) is 0 Å². The van der Waals surface area contributed by atoms with Crippen molar-refractivity contribution in [3.63, 3.8) is 0 Å². The maximum atomic E-state index is 4.36. The minimum atomic E-state index is 0.565. The zero-order valence-electron chi connectivity index (χ0n) is 10.9. The van der Waals surface area contributed by atoms with E-state index in [1.54, 1.807) is 11.3 Å². The molecule has 1 N–H and O–H groups in total. The zero-order valence-corrected chi connectivity index (χ0v) is 11.8. The monoisotopic (exact) mass is 241 g/mol.